The molecule has 0 saturated carbocycles. The molecule has 10 aromatic rings. The summed E-state index contributed by atoms with van der Waals surface area (Å²) >= 11 is 0. The topological polar surface area (TPSA) is 16.4 Å². The molecule has 0 unspecified atom stereocenters. The van der Waals surface area contributed by atoms with Crippen LogP contribution in [0.4, 0.5) is 17.1 Å². The van der Waals surface area contributed by atoms with E-state index in [9.17, 15) is 0 Å². The first kappa shape index (κ1) is 33.5. The highest BCUT2D eigenvalue weighted by Gasteiger charge is 2.52. The second-order valence-corrected chi connectivity index (χ2v) is 17.2. The smallest absolute Gasteiger partial charge is 0.135 e. The van der Waals surface area contributed by atoms with Crippen molar-refractivity contribution in [1.82, 2.24) is 0 Å². The van der Waals surface area contributed by atoms with Gasteiger partial charge < -0.3 is 9.32 Å². The van der Waals surface area contributed by atoms with Gasteiger partial charge in [0.2, 0.25) is 0 Å². The third-order valence-electron chi connectivity index (χ3n) is 13.9. The largest absolute Gasteiger partial charge is 0.456 e. The molecule has 3 aliphatic carbocycles. The van der Waals surface area contributed by atoms with E-state index in [0.717, 1.165) is 44.4 Å². The molecule has 3 aliphatic rings. The van der Waals surface area contributed by atoms with Crippen LogP contribution in [0.25, 0.3) is 66.4 Å². The molecule has 0 fully saturated rings. The molecule has 9 aromatic carbocycles. The molecule has 0 amide bonds. The van der Waals surface area contributed by atoms with Crippen LogP contribution in [0.15, 0.2) is 205 Å². The van der Waals surface area contributed by atoms with Gasteiger partial charge in [0.05, 0.1) is 11.1 Å². The summed E-state index contributed by atoms with van der Waals surface area (Å²) in [6.07, 6.45) is 0. The molecular formula is C58H39NO. The van der Waals surface area contributed by atoms with Gasteiger partial charge in [-0.3, -0.25) is 0 Å². The summed E-state index contributed by atoms with van der Waals surface area (Å²) in [5.41, 5.74) is 22.9. The Morgan fingerprint density at radius 2 is 0.917 bits per heavy atom. The Balaban J connectivity index is 1.07. The third-order valence-corrected chi connectivity index (χ3v) is 13.9. The molecule has 1 aromatic heterocycles. The number of para-hydroxylation sites is 1. The van der Waals surface area contributed by atoms with Gasteiger partial charge in [-0.25, -0.2) is 0 Å². The van der Waals surface area contributed by atoms with E-state index >= 15 is 0 Å². The van der Waals surface area contributed by atoms with Gasteiger partial charge in [-0.1, -0.05) is 166 Å². The van der Waals surface area contributed by atoms with Crippen molar-refractivity contribution in [2.45, 2.75) is 24.7 Å². The molecule has 0 bridgehead atoms. The standard InChI is InChI=1S/C58H39NO/c1-57(2)47-22-8-3-17-40(47)43-31-30-39(35-52(43)57)59(38-16-13-15-36(33-38)37-29-32-55-46(34-37)44-20-7-12-28-54(44)60-55)53-27-14-26-51-56(53)45-21-6-11-25-50(45)58(51)48-23-9-4-18-41(48)42-19-5-10-24-49(42)58/h3-35H,1-2H3. The fourth-order valence-corrected chi connectivity index (χ4v) is 11.3. The van der Waals surface area contributed by atoms with E-state index in [2.05, 4.69) is 207 Å². The molecule has 0 N–H and O–H groups in total. The first-order chi connectivity index (χ1) is 29.5. The van der Waals surface area contributed by atoms with Gasteiger partial charge in [-0.15, -0.1) is 0 Å². The first-order valence-corrected chi connectivity index (χ1v) is 21.0. The van der Waals surface area contributed by atoms with Crippen molar-refractivity contribution in [2.75, 3.05) is 4.90 Å². The number of furan rings is 1. The van der Waals surface area contributed by atoms with Crippen LogP contribution in [-0.2, 0) is 10.8 Å². The minimum absolute atomic E-state index is 0.148. The average molecular weight is 766 g/mol. The highest BCUT2D eigenvalue weighted by atomic mass is 16.3. The predicted octanol–water partition coefficient (Wildman–Crippen LogP) is 15.4. The second-order valence-electron chi connectivity index (χ2n) is 17.2. The molecular weight excluding hydrogens is 727 g/mol. The first-order valence-electron chi connectivity index (χ1n) is 21.0. The van der Waals surface area contributed by atoms with Gasteiger partial charge in [-0.05, 0) is 121 Å². The van der Waals surface area contributed by atoms with Crippen molar-refractivity contribution in [3.8, 4) is 44.5 Å². The summed E-state index contributed by atoms with van der Waals surface area (Å²) in [6.45, 7) is 4.74. The zero-order chi connectivity index (χ0) is 39.7. The zero-order valence-electron chi connectivity index (χ0n) is 33.4. The Bertz CT molecular complexity index is 3390. The van der Waals surface area contributed by atoms with E-state index in [0.29, 0.717) is 0 Å². The number of fused-ring (bicyclic) bond motifs is 16. The molecule has 1 spiro atoms. The van der Waals surface area contributed by atoms with Crippen LogP contribution in [0, 0.1) is 0 Å². The Labute approximate surface area is 349 Å². The molecule has 0 atom stereocenters. The lowest BCUT2D eigenvalue weighted by Crippen LogP contribution is -2.26. The highest BCUT2D eigenvalue weighted by Crippen LogP contribution is 2.65. The van der Waals surface area contributed by atoms with Crippen LogP contribution in [0.3, 0.4) is 0 Å². The van der Waals surface area contributed by atoms with Crippen molar-refractivity contribution in [3.05, 3.63) is 234 Å². The van der Waals surface area contributed by atoms with E-state index < -0.39 is 5.41 Å². The van der Waals surface area contributed by atoms with Crippen molar-refractivity contribution in [3.63, 3.8) is 0 Å². The highest BCUT2D eigenvalue weighted by molar-refractivity contribution is 6.07. The van der Waals surface area contributed by atoms with E-state index in [4.69, 9.17) is 4.42 Å². The maximum absolute atomic E-state index is 6.24. The lowest BCUT2D eigenvalue weighted by Gasteiger charge is -2.32. The fourth-order valence-electron chi connectivity index (χ4n) is 11.3. The van der Waals surface area contributed by atoms with Gasteiger partial charge in [0, 0.05) is 33.1 Å². The lowest BCUT2D eigenvalue weighted by molar-refractivity contribution is 0.660. The second kappa shape index (κ2) is 12.1. The monoisotopic (exact) mass is 765 g/mol. The van der Waals surface area contributed by atoms with Gasteiger partial charge >= 0.3 is 0 Å². The number of nitrogens with zero attached hydrogens (tertiary/aromatic N) is 1. The van der Waals surface area contributed by atoms with E-state index in [1.807, 2.05) is 12.1 Å². The van der Waals surface area contributed by atoms with E-state index in [1.165, 1.54) is 72.4 Å². The summed E-state index contributed by atoms with van der Waals surface area (Å²) in [5.74, 6) is 0. The molecule has 13 rings (SSSR count). The van der Waals surface area contributed by atoms with Crippen LogP contribution in [0.5, 0.6) is 0 Å². The van der Waals surface area contributed by atoms with Gasteiger partial charge in [-0.2, -0.15) is 0 Å². The summed E-state index contributed by atoms with van der Waals surface area (Å²) in [7, 11) is 0. The van der Waals surface area contributed by atoms with Crippen molar-refractivity contribution >= 4 is 39.0 Å². The van der Waals surface area contributed by atoms with Crippen LogP contribution in [0.2, 0.25) is 0 Å². The Morgan fingerprint density at radius 1 is 0.367 bits per heavy atom. The number of hydrogen-bond donors (Lipinski definition) is 0. The summed E-state index contributed by atoms with van der Waals surface area (Å²) < 4.78 is 6.24. The van der Waals surface area contributed by atoms with Gasteiger partial charge in [0.1, 0.15) is 11.2 Å². The minimum atomic E-state index is -0.438. The molecule has 282 valence electrons. The van der Waals surface area contributed by atoms with Gasteiger partial charge in [0.15, 0.2) is 0 Å². The molecule has 0 radical (unpaired) electrons. The molecule has 0 aliphatic heterocycles. The predicted molar refractivity (Wildman–Crippen MR) is 248 cm³/mol. The van der Waals surface area contributed by atoms with Crippen LogP contribution in [-0.4, -0.2) is 0 Å². The normalized spacial score (nSPS) is 14.4. The Hall–Kier alpha value is -7.42. The van der Waals surface area contributed by atoms with Crippen molar-refractivity contribution < 1.29 is 4.42 Å². The van der Waals surface area contributed by atoms with Crippen molar-refractivity contribution in [1.29, 1.82) is 0 Å². The maximum atomic E-state index is 6.24. The summed E-state index contributed by atoms with van der Waals surface area (Å²) in [5, 5.41) is 2.27. The molecule has 2 heteroatoms. The zero-order valence-corrected chi connectivity index (χ0v) is 33.4. The Kier molecular flexibility index (Phi) is 6.74. The fraction of sp³-hybridized carbons (Fsp3) is 0.0690. The number of hydrogen-bond acceptors (Lipinski definition) is 2. The number of benzene rings is 9. The van der Waals surface area contributed by atoms with E-state index in [-0.39, 0.29) is 5.41 Å². The van der Waals surface area contributed by atoms with Crippen molar-refractivity contribution in [2.24, 2.45) is 0 Å². The molecule has 2 nitrogen and oxygen atoms in total. The number of anilines is 3. The average Bonchev–Trinajstić information content (AvgIpc) is 3.99. The Morgan fingerprint density at radius 3 is 1.68 bits per heavy atom. The number of rotatable bonds is 4. The SMILES string of the molecule is CC1(C)c2ccccc2-c2ccc(N(c3cccc(-c4ccc5oc6ccccc6c5c4)c3)c3cccc4c3-c3ccccc3C43c4ccccc4-c4ccccc43)cc21. The quantitative estimate of drug-likeness (QED) is 0.177. The minimum Gasteiger partial charge on any atom is -0.456 e. The molecule has 60 heavy (non-hydrogen) atoms. The molecule has 0 saturated heterocycles. The summed E-state index contributed by atoms with van der Waals surface area (Å²) in [6, 6.07) is 74.3. The lowest BCUT2D eigenvalue weighted by atomic mass is 9.70. The van der Waals surface area contributed by atoms with Crippen LogP contribution < -0.4 is 4.90 Å². The van der Waals surface area contributed by atoms with Crippen LogP contribution >= 0.6 is 0 Å². The third kappa shape index (κ3) is 4.32. The molecule has 1 heterocycles. The summed E-state index contributed by atoms with van der Waals surface area (Å²) in [4.78, 5) is 2.52. The van der Waals surface area contributed by atoms with Gasteiger partial charge in [0.25, 0.3) is 0 Å². The van der Waals surface area contributed by atoms with Crippen LogP contribution in [0.1, 0.15) is 47.2 Å². The maximum Gasteiger partial charge on any atom is 0.135 e. The van der Waals surface area contributed by atoms with E-state index in [1.54, 1.807) is 0 Å².